The number of amides is 2. The number of ether oxygens (including phenoxy) is 3. The predicted molar refractivity (Wildman–Crippen MR) is 101 cm³/mol. The molecule has 1 aromatic carbocycles. The second kappa shape index (κ2) is 8.11. The van der Waals surface area contributed by atoms with E-state index in [0.29, 0.717) is 24.5 Å². The van der Waals surface area contributed by atoms with Gasteiger partial charge in [0.25, 0.3) is 0 Å². The monoisotopic (exact) mass is 413 g/mol. The van der Waals surface area contributed by atoms with Gasteiger partial charge in [-0.25, -0.2) is 4.79 Å². The fourth-order valence-electron chi connectivity index (χ4n) is 3.65. The molecule has 2 aliphatic heterocycles. The number of benzene rings is 1. The van der Waals surface area contributed by atoms with Gasteiger partial charge in [0.1, 0.15) is 6.10 Å². The van der Waals surface area contributed by atoms with Gasteiger partial charge in [0, 0.05) is 45.5 Å². The highest BCUT2D eigenvalue weighted by Crippen LogP contribution is 2.41. The van der Waals surface area contributed by atoms with E-state index in [1.165, 1.54) is 26.0 Å². The first-order valence-electron chi connectivity index (χ1n) is 9.27. The zero-order valence-corrected chi connectivity index (χ0v) is 16.6. The molecule has 1 atom stereocenters. The molecular formula is C19H25F2N3O5. The van der Waals surface area contributed by atoms with E-state index in [1.54, 1.807) is 29.2 Å². The molecule has 0 unspecified atom stereocenters. The molecule has 2 saturated heterocycles. The van der Waals surface area contributed by atoms with Crippen molar-refractivity contribution < 1.29 is 32.6 Å². The Labute approximate surface area is 167 Å². The first kappa shape index (κ1) is 21.3. The summed E-state index contributed by atoms with van der Waals surface area (Å²) in [6.45, 7) is 1.71. The van der Waals surface area contributed by atoms with E-state index in [4.69, 9.17) is 14.2 Å². The average Bonchev–Trinajstić information content (AvgIpc) is 3.07. The molecule has 2 fully saturated rings. The summed E-state index contributed by atoms with van der Waals surface area (Å²) in [5.74, 6) is -5.32. The lowest BCUT2D eigenvalue weighted by Gasteiger charge is -2.45. The molecule has 1 N–H and O–H groups in total. The van der Waals surface area contributed by atoms with Gasteiger partial charge in [-0.3, -0.25) is 9.69 Å². The van der Waals surface area contributed by atoms with E-state index in [0.717, 1.165) is 0 Å². The van der Waals surface area contributed by atoms with Gasteiger partial charge in [0.05, 0.1) is 19.6 Å². The van der Waals surface area contributed by atoms with Crippen LogP contribution in [-0.4, -0.2) is 70.2 Å². The fourth-order valence-corrected chi connectivity index (χ4v) is 3.65. The van der Waals surface area contributed by atoms with Crippen LogP contribution in [0.3, 0.4) is 0 Å². The molecule has 2 heterocycles. The van der Waals surface area contributed by atoms with Crippen molar-refractivity contribution in [2.24, 2.45) is 0 Å². The predicted octanol–water partition coefficient (Wildman–Crippen LogP) is 1.98. The summed E-state index contributed by atoms with van der Waals surface area (Å²) in [6.07, 6.45) is -0.941. The molecule has 0 spiro atoms. The maximum Gasteiger partial charge on any atom is 0.414 e. The molecule has 8 nitrogen and oxygen atoms in total. The molecule has 3 rings (SSSR count). The number of hydrogen-bond donors (Lipinski definition) is 1. The van der Waals surface area contributed by atoms with Crippen molar-refractivity contribution in [3.05, 3.63) is 24.3 Å². The fraction of sp³-hybridized carbons (Fsp3) is 0.579. The first-order valence-corrected chi connectivity index (χ1v) is 9.27. The Bertz CT molecular complexity index is 755. The normalized spacial score (nSPS) is 23.1. The van der Waals surface area contributed by atoms with Gasteiger partial charge < -0.3 is 24.4 Å². The Balaban J connectivity index is 1.67. The molecule has 0 saturated carbocycles. The highest BCUT2D eigenvalue weighted by molar-refractivity contribution is 5.90. The van der Waals surface area contributed by atoms with Crippen LogP contribution in [0.4, 0.5) is 25.0 Å². The van der Waals surface area contributed by atoms with Crippen LogP contribution in [0.2, 0.25) is 0 Å². The number of nitrogens with zero attached hydrogens (tertiary/aromatic N) is 2. The van der Waals surface area contributed by atoms with Crippen molar-refractivity contribution in [3.8, 4) is 0 Å². The number of alkyl halides is 2. The number of carbonyl (C=O) groups is 2. The van der Waals surface area contributed by atoms with Crippen molar-refractivity contribution >= 4 is 23.4 Å². The second-order valence-corrected chi connectivity index (χ2v) is 7.11. The van der Waals surface area contributed by atoms with E-state index in [9.17, 15) is 18.4 Å². The molecule has 0 bridgehead atoms. The van der Waals surface area contributed by atoms with Crippen molar-refractivity contribution in [1.29, 1.82) is 0 Å². The van der Waals surface area contributed by atoms with Gasteiger partial charge in [0.15, 0.2) is 0 Å². The number of anilines is 2. The smallest absolute Gasteiger partial charge is 0.414 e. The van der Waals surface area contributed by atoms with Crippen molar-refractivity contribution in [1.82, 2.24) is 5.32 Å². The zero-order chi connectivity index (χ0) is 21.2. The first-order chi connectivity index (χ1) is 13.7. The molecule has 1 aromatic rings. The number of rotatable bonds is 6. The lowest BCUT2D eigenvalue weighted by atomic mass is 9.98. The number of carbonyl (C=O) groups excluding carboxylic acids is 2. The van der Waals surface area contributed by atoms with Crippen molar-refractivity contribution in [2.45, 2.75) is 31.2 Å². The molecule has 160 valence electrons. The quantitative estimate of drug-likeness (QED) is 0.719. The minimum atomic E-state index is -3.19. The van der Waals surface area contributed by atoms with E-state index in [-0.39, 0.29) is 18.9 Å². The largest absolute Gasteiger partial charge is 0.442 e. The molecule has 29 heavy (non-hydrogen) atoms. The number of cyclic esters (lactones) is 1. The number of hydrogen-bond acceptors (Lipinski definition) is 6. The zero-order valence-electron chi connectivity index (χ0n) is 16.6. The van der Waals surface area contributed by atoms with Crippen LogP contribution in [0.1, 0.15) is 13.3 Å². The Morgan fingerprint density at radius 1 is 1.24 bits per heavy atom. The molecular weight excluding hydrogens is 388 g/mol. The Kier molecular flexibility index (Phi) is 5.95. The summed E-state index contributed by atoms with van der Waals surface area (Å²) in [6, 6.07) is 6.74. The maximum atomic E-state index is 14.6. The highest BCUT2D eigenvalue weighted by Gasteiger charge is 2.58. The Hall–Kier alpha value is -2.46. The Morgan fingerprint density at radius 2 is 1.86 bits per heavy atom. The lowest BCUT2D eigenvalue weighted by molar-refractivity contribution is -0.324. The average molecular weight is 413 g/mol. The molecule has 2 amide bonds. The summed E-state index contributed by atoms with van der Waals surface area (Å²) in [5.41, 5.74) is 1.20. The van der Waals surface area contributed by atoms with Crippen molar-refractivity contribution in [3.63, 3.8) is 0 Å². The van der Waals surface area contributed by atoms with Crippen LogP contribution in [0.25, 0.3) is 0 Å². The van der Waals surface area contributed by atoms with E-state index in [2.05, 4.69) is 5.32 Å². The van der Waals surface area contributed by atoms with Crippen molar-refractivity contribution in [2.75, 3.05) is 50.2 Å². The van der Waals surface area contributed by atoms with E-state index in [1.807, 2.05) is 0 Å². The van der Waals surface area contributed by atoms with Gasteiger partial charge in [-0.2, -0.15) is 8.78 Å². The molecule has 0 aromatic heterocycles. The molecule has 2 aliphatic rings. The highest BCUT2D eigenvalue weighted by atomic mass is 19.3. The SMILES string of the molecule is COC1(OC)CCN(c2ccc(N3C[C@H](CNC(C)=O)OC3=O)cc2)CC1(F)F. The van der Waals surface area contributed by atoms with E-state index < -0.39 is 30.5 Å². The van der Waals surface area contributed by atoms with Gasteiger partial charge >= 0.3 is 12.0 Å². The third-order valence-corrected chi connectivity index (χ3v) is 5.30. The molecule has 10 heteroatoms. The van der Waals surface area contributed by atoms with Gasteiger partial charge in [-0.15, -0.1) is 0 Å². The number of methoxy groups -OCH3 is 2. The number of piperidine rings is 1. The number of nitrogens with one attached hydrogen (secondary N) is 1. The van der Waals surface area contributed by atoms with E-state index >= 15 is 0 Å². The van der Waals surface area contributed by atoms with Crippen LogP contribution in [0.15, 0.2) is 24.3 Å². The minimum absolute atomic E-state index is 0.0119. The third kappa shape index (κ3) is 4.13. The lowest BCUT2D eigenvalue weighted by Crippen LogP contribution is -2.62. The van der Waals surface area contributed by atoms with Crippen LogP contribution in [0.5, 0.6) is 0 Å². The van der Waals surface area contributed by atoms with Crippen LogP contribution in [-0.2, 0) is 19.0 Å². The summed E-state index contributed by atoms with van der Waals surface area (Å²) >= 11 is 0. The third-order valence-electron chi connectivity index (χ3n) is 5.30. The summed E-state index contributed by atoms with van der Waals surface area (Å²) in [7, 11) is 2.44. The molecule has 0 radical (unpaired) electrons. The summed E-state index contributed by atoms with van der Waals surface area (Å²) < 4.78 is 44.4. The maximum absolute atomic E-state index is 14.6. The number of halogens is 2. The topological polar surface area (TPSA) is 80.3 Å². The standard InChI is InChI=1S/C19H25F2N3O5/c1-13(25)22-10-16-11-24(17(26)29-16)15-6-4-14(5-7-15)23-9-8-19(27-2,28-3)18(20,21)12-23/h4-7,16H,8-12H2,1-3H3,(H,22,25)/t16-/m0/s1. The van der Waals surface area contributed by atoms with Gasteiger partial charge in [-0.05, 0) is 24.3 Å². The van der Waals surface area contributed by atoms with Gasteiger partial charge in [-0.1, -0.05) is 0 Å². The van der Waals surface area contributed by atoms with Gasteiger partial charge in [0.2, 0.25) is 11.7 Å². The Morgan fingerprint density at radius 3 is 2.41 bits per heavy atom. The second-order valence-electron chi connectivity index (χ2n) is 7.11. The summed E-state index contributed by atoms with van der Waals surface area (Å²) in [5, 5.41) is 2.62. The van der Waals surface area contributed by atoms with Crippen LogP contribution >= 0.6 is 0 Å². The van der Waals surface area contributed by atoms with Crippen LogP contribution in [0, 0.1) is 0 Å². The molecule has 0 aliphatic carbocycles. The minimum Gasteiger partial charge on any atom is -0.442 e. The van der Waals surface area contributed by atoms with Crippen LogP contribution < -0.4 is 15.1 Å². The summed E-state index contributed by atoms with van der Waals surface area (Å²) in [4.78, 5) is 26.1.